The van der Waals surface area contributed by atoms with E-state index in [0.717, 1.165) is 22.3 Å². The number of benzene rings is 3. The third kappa shape index (κ3) is 4.14. The van der Waals surface area contributed by atoms with Gasteiger partial charge in [-0.25, -0.2) is 24.9 Å². The molecule has 32 heavy (non-hydrogen) atoms. The van der Waals surface area contributed by atoms with Crippen molar-refractivity contribution >= 4 is 0 Å². The summed E-state index contributed by atoms with van der Waals surface area (Å²) in [6.07, 6.45) is 3.53. The van der Waals surface area contributed by atoms with E-state index in [0.29, 0.717) is 23.3 Å². The van der Waals surface area contributed by atoms with Gasteiger partial charge in [0.2, 0.25) is 0 Å². The van der Waals surface area contributed by atoms with Crippen LogP contribution in [0.25, 0.3) is 45.6 Å². The van der Waals surface area contributed by atoms with Crippen LogP contribution < -0.4 is 0 Å². The minimum absolute atomic E-state index is 0.547. The van der Waals surface area contributed by atoms with Gasteiger partial charge in [-0.05, 0) is 13.8 Å². The number of nitrogens with zero attached hydrogens (tertiary/aromatic N) is 5. The van der Waals surface area contributed by atoms with Crippen LogP contribution in [0.1, 0.15) is 11.1 Å². The summed E-state index contributed by atoms with van der Waals surface area (Å²) in [7, 11) is 0. The highest BCUT2D eigenvalue weighted by atomic mass is 15.0. The molecule has 2 aromatic heterocycles. The minimum atomic E-state index is 0.547. The first-order chi connectivity index (χ1) is 15.7. The highest BCUT2D eigenvalue weighted by molar-refractivity contribution is 5.66. The highest BCUT2D eigenvalue weighted by Gasteiger charge is 2.13. The van der Waals surface area contributed by atoms with Crippen LogP contribution in [0, 0.1) is 13.8 Å². The number of hydrogen-bond acceptors (Lipinski definition) is 5. The molecule has 0 amide bonds. The molecule has 0 aliphatic heterocycles. The van der Waals surface area contributed by atoms with Crippen molar-refractivity contribution in [3.05, 3.63) is 102 Å². The molecular formula is C27H21N5. The molecule has 2 heterocycles. The van der Waals surface area contributed by atoms with Crippen LogP contribution in [-0.4, -0.2) is 24.9 Å². The largest absolute Gasteiger partial charge is 0.236 e. The van der Waals surface area contributed by atoms with Crippen molar-refractivity contribution in [2.24, 2.45) is 0 Å². The summed E-state index contributed by atoms with van der Waals surface area (Å²) in [5, 5.41) is 0. The van der Waals surface area contributed by atoms with Crippen molar-refractivity contribution in [1.82, 2.24) is 24.9 Å². The molecule has 0 N–H and O–H groups in total. The van der Waals surface area contributed by atoms with Gasteiger partial charge in [0, 0.05) is 29.1 Å². The van der Waals surface area contributed by atoms with E-state index in [4.69, 9.17) is 15.0 Å². The normalized spacial score (nSPS) is 10.8. The summed E-state index contributed by atoms with van der Waals surface area (Å²) < 4.78 is 0. The second-order valence-electron chi connectivity index (χ2n) is 7.70. The van der Waals surface area contributed by atoms with E-state index in [1.165, 1.54) is 11.1 Å². The third-order valence-corrected chi connectivity index (χ3v) is 5.20. The summed E-state index contributed by atoms with van der Waals surface area (Å²) in [6, 6.07) is 26.2. The van der Waals surface area contributed by atoms with Gasteiger partial charge >= 0.3 is 0 Å². The van der Waals surface area contributed by atoms with E-state index in [1.54, 1.807) is 12.4 Å². The van der Waals surface area contributed by atoms with E-state index in [1.807, 2.05) is 54.6 Å². The lowest BCUT2D eigenvalue weighted by Crippen LogP contribution is -2.01. The van der Waals surface area contributed by atoms with E-state index < -0.39 is 0 Å². The predicted molar refractivity (Wildman–Crippen MR) is 127 cm³/mol. The first kappa shape index (κ1) is 19.7. The Hall–Kier alpha value is -4.25. The first-order valence-corrected chi connectivity index (χ1v) is 10.4. The standard InChI is InChI=1S/C27H21N5/c1-18-8-12-21(13-9-18)25-30-26(22-14-10-19(2)11-15-22)32-27(31-25)23-16-28-24(29-17-23)20-6-4-3-5-7-20/h3-17H,1-2H3. The van der Waals surface area contributed by atoms with Gasteiger partial charge in [0.15, 0.2) is 23.3 Å². The van der Waals surface area contributed by atoms with Gasteiger partial charge in [0.05, 0.1) is 5.56 Å². The number of hydrogen-bond donors (Lipinski definition) is 0. The third-order valence-electron chi connectivity index (χ3n) is 5.20. The van der Waals surface area contributed by atoms with Crippen LogP contribution in [0.4, 0.5) is 0 Å². The molecule has 5 aromatic rings. The van der Waals surface area contributed by atoms with Crippen LogP contribution in [-0.2, 0) is 0 Å². The van der Waals surface area contributed by atoms with E-state index >= 15 is 0 Å². The zero-order valence-corrected chi connectivity index (χ0v) is 17.9. The van der Waals surface area contributed by atoms with Crippen molar-refractivity contribution < 1.29 is 0 Å². The Morgan fingerprint density at radius 3 is 1.28 bits per heavy atom. The SMILES string of the molecule is Cc1ccc(-c2nc(-c3ccc(C)cc3)nc(-c3cnc(-c4ccccc4)nc3)n2)cc1. The average molecular weight is 416 g/mol. The summed E-state index contributed by atoms with van der Waals surface area (Å²) in [5.74, 6) is 2.46. The molecule has 0 bridgehead atoms. The lowest BCUT2D eigenvalue weighted by Gasteiger charge is -2.09. The fraction of sp³-hybridized carbons (Fsp3) is 0.0741. The fourth-order valence-corrected chi connectivity index (χ4v) is 3.35. The van der Waals surface area contributed by atoms with Gasteiger partial charge in [-0.2, -0.15) is 0 Å². The van der Waals surface area contributed by atoms with Gasteiger partial charge in [0.1, 0.15) is 0 Å². The minimum Gasteiger partial charge on any atom is -0.236 e. The molecule has 0 fully saturated rings. The monoisotopic (exact) mass is 415 g/mol. The second kappa shape index (κ2) is 8.47. The van der Waals surface area contributed by atoms with Crippen LogP contribution in [0.5, 0.6) is 0 Å². The van der Waals surface area contributed by atoms with Gasteiger partial charge in [-0.15, -0.1) is 0 Å². The van der Waals surface area contributed by atoms with Gasteiger partial charge in [0.25, 0.3) is 0 Å². The smallest absolute Gasteiger partial charge is 0.167 e. The molecule has 0 saturated heterocycles. The van der Waals surface area contributed by atoms with Gasteiger partial charge < -0.3 is 0 Å². The summed E-state index contributed by atoms with van der Waals surface area (Å²) in [4.78, 5) is 23.3. The maximum absolute atomic E-state index is 4.76. The predicted octanol–water partition coefficient (Wildman–Crippen LogP) is 5.95. The Morgan fingerprint density at radius 1 is 0.406 bits per heavy atom. The molecule has 0 aliphatic carbocycles. The summed E-state index contributed by atoms with van der Waals surface area (Å²) in [5.41, 5.74) is 5.96. The molecule has 0 unspecified atom stereocenters. The fourth-order valence-electron chi connectivity index (χ4n) is 3.35. The Morgan fingerprint density at radius 2 is 0.812 bits per heavy atom. The number of aryl methyl sites for hydroxylation is 2. The summed E-state index contributed by atoms with van der Waals surface area (Å²) >= 11 is 0. The summed E-state index contributed by atoms with van der Waals surface area (Å²) in [6.45, 7) is 4.12. The van der Waals surface area contributed by atoms with Crippen LogP contribution >= 0.6 is 0 Å². The lowest BCUT2D eigenvalue weighted by atomic mass is 10.1. The topological polar surface area (TPSA) is 64.5 Å². The molecule has 5 nitrogen and oxygen atoms in total. The van der Waals surface area contributed by atoms with E-state index in [2.05, 4.69) is 48.1 Å². The highest BCUT2D eigenvalue weighted by Crippen LogP contribution is 2.25. The van der Waals surface area contributed by atoms with Gasteiger partial charge in [-0.3, -0.25) is 0 Å². The Labute approximate surface area is 186 Å². The van der Waals surface area contributed by atoms with E-state index in [9.17, 15) is 0 Å². The second-order valence-corrected chi connectivity index (χ2v) is 7.70. The van der Waals surface area contributed by atoms with E-state index in [-0.39, 0.29) is 0 Å². The number of rotatable bonds is 4. The molecule has 0 aliphatic rings. The molecule has 154 valence electrons. The van der Waals surface area contributed by atoms with Crippen molar-refractivity contribution in [3.63, 3.8) is 0 Å². The van der Waals surface area contributed by atoms with Crippen LogP contribution in [0.2, 0.25) is 0 Å². The van der Waals surface area contributed by atoms with Crippen molar-refractivity contribution in [2.45, 2.75) is 13.8 Å². The van der Waals surface area contributed by atoms with Crippen molar-refractivity contribution in [1.29, 1.82) is 0 Å². The zero-order valence-electron chi connectivity index (χ0n) is 17.9. The molecule has 3 aromatic carbocycles. The van der Waals surface area contributed by atoms with Crippen molar-refractivity contribution in [3.8, 4) is 45.6 Å². The zero-order chi connectivity index (χ0) is 21.9. The van der Waals surface area contributed by atoms with Crippen LogP contribution in [0.3, 0.4) is 0 Å². The Kier molecular flexibility index (Phi) is 5.22. The average Bonchev–Trinajstić information content (AvgIpc) is 2.85. The molecule has 0 radical (unpaired) electrons. The Balaban J connectivity index is 1.60. The number of aromatic nitrogens is 5. The molecule has 0 spiro atoms. The lowest BCUT2D eigenvalue weighted by molar-refractivity contribution is 1.06. The quantitative estimate of drug-likeness (QED) is 0.363. The van der Waals surface area contributed by atoms with Crippen molar-refractivity contribution in [2.75, 3.05) is 0 Å². The molecule has 0 atom stereocenters. The maximum atomic E-state index is 4.76. The molecular weight excluding hydrogens is 394 g/mol. The molecule has 0 saturated carbocycles. The van der Waals surface area contributed by atoms with Gasteiger partial charge in [-0.1, -0.05) is 90.0 Å². The molecule has 5 rings (SSSR count). The molecule has 5 heteroatoms. The maximum Gasteiger partial charge on any atom is 0.167 e. The van der Waals surface area contributed by atoms with Crippen LogP contribution in [0.15, 0.2) is 91.3 Å². The first-order valence-electron chi connectivity index (χ1n) is 10.4. The Bertz CT molecular complexity index is 1280.